The normalized spacial score (nSPS) is 18.1. The lowest BCUT2D eigenvalue weighted by Gasteiger charge is -2.26. The SMILES string of the molecule is CCc1nc2c(c3c1C(=O)C(C)=C(C)C3=O)CCCC2. The van der Waals surface area contributed by atoms with Gasteiger partial charge in [0.15, 0.2) is 11.6 Å². The summed E-state index contributed by atoms with van der Waals surface area (Å²) in [6.07, 6.45) is 4.70. The monoisotopic (exact) mass is 269 g/mol. The highest BCUT2D eigenvalue weighted by molar-refractivity contribution is 6.27. The Morgan fingerprint density at radius 3 is 2.20 bits per heavy atom. The van der Waals surface area contributed by atoms with E-state index in [0.717, 1.165) is 42.6 Å². The van der Waals surface area contributed by atoms with E-state index >= 15 is 0 Å². The largest absolute Gasteiger partial charge is 0.289 e. The van der Waals surface area contributed by atoms with E-state index in [0.29, 0.717) is 28.7 Å². The van der Waals surface area contributed by atoms with Crippen LogP contribution in [-0.2, 0) is 19.3 Å². The number of allylic oxidation sites excluding steroid dienone is 2. The summed E-state index contributed by atoms with van der Waals surface area (Å²) in [6, 6.07) is 0. The Morgan fingerprint density at radius 2 is 1.55 bits per heavy atom. The summed E-state index contributed by atoms with van der Waals surface area (Å²) in [5.41, 5.74) is 5.30. The molecule has 0 fully saturated rings. The zero-order valence-corrected chi connectivity index (χ0v) is 12.3. The van der Waals surface area contributed by atoms with Gasteiger partial charge in [-0.25, -0.2) is 0 Å². The van der Waals surface area contributed by atoms with E-state index in [9.17, 15) is 9.59 Å². The maximum atomic E-state index is 12.7. The van der Waals surface area contributed by atoms with Crippen molar-refractivity contribution in [1.29, 1.82) is 0 Å². The summed E-state index contributed by atoms with van der Waals surface area (Å²) in [6.45, 7) is 5.51. The van der Waals surface area contributed by atoms with Gasteiger partial charge < -0.3 is 0 Å². The molecule has 0 bridgehead atoms. The number of aryl methyl sites for hydroxylation is 2. The number of carbonyl (C=O) groups is 2. The van der Waals surface area contributed by atoms with Gasteiger partial charge in [-0.1, -0.05) is 6.92 Å². The minimum Gasteiger partial charge on any atom is -0.289 e. The summed E-state index contributed by atoms with van der Waals surface area (Å²) in [5.74, 6) is 0.0298. The second kappa shape index (κ2) is 4.65. The highest BCUT2D eigenvalue weighted by atomic mass is 16.1. The molecular weight excluding hydrogens is 250 g/mol. The van der Waals surface area contributed by atoms with Gasteiger partial charge in [0.2, 0.25) is 0 Å². The number of Topliss-reactive ketones (excluding diaryl/α,β-unsaturated/α-hetero) is 2. The molecule has 0 amide bonds. The van der Waals surface area contributed by atoms with Crippen molar-refractivity contribution in [1.82, 2.24) is 4.98 Å². The summed E-state index contributed by atoms with van der Waals surface area (Å²) < 4.78 is 0. The lowest BCUT2D eigenvalue weighted by molar-refractivity contribution is 0.0972. The first-order valence-corrected chi connectivity index (χ1v) is 7.37. The molecule has 0 atom stereocenters. The molecular formula is C17H19NO2. The Kier molecular flexibility index (Phi) is 3.08. The number of rotatable bonds is 1. The van der Waals surface area contributed by atoms with Gasteiger partial charge in [0.1, 0.15) is 0 Å². The smallest absolute Gasteiger partial charge is 0.191 e. The molecule has 1 heterocycles. The first-order valence-electron chi connectivity index (χ1n) is 7.37. The summed E-state index contributed by atoms with van der Waals surface area (Å²) in [5, 5.41) is 0. The van der Waals surface area contributed by atoms with E-state index in [1.165, 1.54) is 0 Å². The van der Waals surface area contributed by atoms with Crippen LogP contribution in [0.15, 0.2) is 11.1 Å². The molecule has 0 saturated carbocycles. The highest BCUT2D eigenvalue weighted by Crippen LogP contribution is 2.34. The molecule has 2 aliphatic carbocycles. The van der Waals surface area contributed by atoms with Gasteiger partial charge in [-0.15, -0.1) is 0 Å². The number of hydrogen-bond donors (Lipinski definition) is 0. The molecule has 0 aromatic carbocycles. The van der Waals surface area contributed by atoms with E-state index < -0.39 is 0 Å². The third-order valence-electron chi connectivity index (χ3n) is 4.58. The number of fused-ring (bicyclic) bond motifs is 3. The molecule has 1 aromatic rings. The van der Waals surface area contributed by atoms with Crippen LogP contribution in [0.3, 0.4) is 0 Å². The van der Waals surface area contributed by atoms with Crippen LogP contribution in [0.25, 0.3) is 0 Å². The van der Waals surface area contributed by atoms with Crippen molar-refractivity contribution in [2.24, 2.45) is 0 Å². The van der Waals surface area contributed by atoms with Crippen molar-refractivity contribution in [3.63, 3.8) is 0 Å². The molecule has 2 aliphatic rings. The van der Waals surface area contributed by atoms with Crippen LogP contribution in [-0.4, -0.2) is 16.6 Å². The minimum absolute atomic E-state index is 0.00479. The Bertz CT molecular complexity index is 668. The summed E-state index contributed by atoms with van der Waals surface area (Å²) in [4.78, 5) is 30.0. The first-order chi connectivity index (χ1) is 9.56. The predicted molar refractivity (Wildman–Crippen MR) is 77.3 cm³/mol. The molecule has 0 unspecified atom stereocenters. The molecule has 0 radical (unpaired) electrons. The number of nitrogens with zero attached hydrogens (tertiary/aromatic N) is 1. The molecule has 3 heteroatoms. The van der Waals surface area contributed by atoms with Crippen LogP contribution in [0.5, 0.6) is 0 Å². The molecule has 1 aromatic heterocycles. The number of carbonyl (C=O) groups excluding carboxylic acids is 2. The van der Waals surface area contributed by atoms with Crippen molar-refractivity contribution in [2.75, 3.05) is 0 Å². The van der Waals surface area contributed by atoms with Crippen LogP contribution in [0.1, 0.15) is 71.3 Å². The average molecular weight is 269 g/mol. The standard InChI is InChI=1S/C17H19NO2/c1-4-12-15-14(11-7-5-6-8-13(11)18-12)16(19)9(2)10(3)17(15)20/h4-8H2,1-3H3. The zero-order chi connectivity index (χ0) is 14.4. The van der Waals surface area contributed by atoms with Crippen molar-refractivity contribution in [3.05, 3.63) is 39.2 Å². The van der Waals surface area contributed by atoms with Crippen molar-refractivity contribution >= 4 is 11.6 Å². The summed E-state index contributed by atoms with van der Waals surface area (Å²) >= 11 is 0. The van der Waals surface area contributed by atoms with Gasteiger partial charge in [0.25, 0.3) is 0 Å². The van der Waals surface area contributed by atoms with Gasteiger partial charge in [-0.3, -0.25) is 14.6 Å². The molecule has 3 rings (SSSR count). The van der Waals surface area contributed by atoms with Gasteiger partial charge in [-0.2, -0.15) is 0 Å². The molecule has 20 heavy (non-hydrogen) atoms. The fourth-order valence-electron chi connectivity index (χ4n) is 3.26. The highest BCUT2D eigenvalue weighted by Gasteiger charge is 2.34. The lowest BCUT2D eigenvalue weighted by atomic mass is 9.78. The number of aromatic nitrogens is 1. The molecule has 0 saturated heterocycles. The third kappa shape index (κ3) is 1.69. The topological polar surface area (TPSA) is 47.0 Å². The van der Waals surface area contributed by atoms with Crippen LogP contribution < -0.4 is 0 Å². The van der Waals surface area contributed by atoms with Crippen molar-refractivity contribution in [3.8, 4) is 0 Å². The molecule has 104 valence electrons. The quantitative estimate of drug-likeness (QED) is 0.786. The molecule has 0 aliphatic heterocycles. The maximum Gasteiger partial charge on any atom is 0.191 e. The molecule has 3 nitrogen and oxygen atoms in total. The van der Waals surface area contributed by atoms with E-state index in [2.05, 4.69) is 0 Å². The van der Waals surface area contributed by atoms with Gasteiger partial charge in [-0.05, 0) is 51.5 Å². The van der Waals surface area contributed by atoms with Crippen molar-refractivity contribution in [2.45, 2.75) is 52.9 Å². The van der Waals surface area contributed by atoms with E-state index in [-0.39, 0.29) is 11.6 Å². The Labute approximate surface area is 119 Å². The minimum atomic E-state index is -0.00479. The van der Waals surface area contributed by atoms with E-state index in [4.69, 9.17) is 4.98 Å². The third-order valence-corrected chi connectivity index (χ3v) is 4.58. The van der Waals surface area contributed by atoms with Gasteiger partial charge in [0.05, 0.1) is 11.3 Å². The van der Waals surface area contributed by atoms with E-state index in [1.54, 1.807) is 13.8 Å². The van der Waals surface area contributed by atoms with Gasteiger partial charge in [0, 0.05) is 22.4 Å². The lowest BCUT2D eigenvalue weighted by Crippen LogP contribution is -2.26. The Hall–Kier alpha value is -1.77. The van der Waals surface area contributed by atoms with Crippen LogP contribution in [0.4, 0.5) is 0 Å². The van der Waals surface area contributed by atoms with Gasteiger partial charge >= 0.3 is 0 Å². The second-order valence-electron chi connectivity index (χ2n) is 5.70. The Morgan fingerprint density at radius 1 is 0.950 bits per heavy atom. The zero-order valence-electron chi connectivity index (χ0n) is 12.3. The number of pyridine rings is 1. The maximum absolute atomic E-state index is 12.7. The van der Waals surface area contributed by atoms with Crippen molar-refractivity contribution < 1.29 is 9.59 Å². The first kappa shape index (κ1) is 13.2. The van der Waals surface area contributed by atoms with Crippen LogP contribution in [0, 0.1) is 0 Å². The summed E-state index contributed by atoms with van der Waals surface area (Å²) in [7, 11) is 0. The van der Waals surface area contributed by atoms with Crippen LogP contribution in [0.2, 0.25) is 0 Å². The van der Waals surface area contributed by atoms with Crippen LogP contribution >= 0.6 is 0 Å². The Balaban J connectivity index is 2.36. The fraction of sp³-hybridized carbons (Fsp3) is 0.471. The number of ketones is 2. The molecule has 0 spiro atoms. The molecule has 0 N–H and O–H groups in total. The average Bonchev–Trinajstić information content (AvgIpc) is 2.48. The fourth-order valence-corrected chi connectivity index (χ4v) is 3.26. The number of hydrogen-bond acceptors (Lipinski definition) is 3. The second-order valence-corrected chi connectivity index (χ2v) is 5.70. The predicted octanol–water partition coefficient (Wildman–Crippen LogP) is 3.24. The van der Waals surface area contributed by atoms with E-state index in [1.807, 2.05) is 6.92 Å².